The van der Waals surface area contributed by atoms with Gasteiger partial charge in [0, 0.05) is 24.2 Å². The van der Waals surface area contributed by atoms with Gasteiger partial charge >= 0.3 is 0 Å². The predicted molar refractivity (Wildman–Crippen MR) is 105 cm³/mol. The van der Waals surface area contributed by atoms with E-state index in [2.05, 4.69) is 4.98 Å². The number of ether oxygens (including phenoxy) is 2. The number of carbonyl (C=O) groups excluding carboxylic acids is 1. The first-order valence-electron chi connectivity index (χ1n) is 8.48. The normalized spacial score (nSPS) is 11.8. The van der Waals surface area contributed by atoms with Crippen molar-refractivity contribution in [3.8, 4) is 22.8 Å². The predicted octanol–water partition coefficient (Wildman–Crippen LogP) is 1.57. The molecular weight excluding hydrogens is 368 g/mol. The lowest BCUT2D eigenvalue weighted by atomic mass is 10.1. The van der Waals surface area contributed by atoms with Gasteiger partial charge in [-0.2, -0.15) is 0 Å². The zero-order valence-corrected chi connectivity index (χ0v) is 16.2. The van der Waals surface area contributed by atoms with Crippen LogP contribution in [0.4, 0.5) is 0 Å². The molecule has 0 saturated carbocycles. The maximum atomic E-state index is 12.0. The minimum Gasteiger partial charge on any atom is -0.497 e. The number of primary amides is 1. The van der Waals surface area contributed by atoms with Crippen molar-refractivity contribution >= 4 is 18.1 Å². The van der Waals surface area contributed by atoms with Crippen LogP contribution in [0.25, 0.3) is 11.3 Å². The topological polar surface area (TPSA) is 125 Å². The van der Waals surface area contributed by atoms with Crippen molar-refractivity contribution in [2.75, 3.05) is 14.2 Å². The molecule has 1 atom stereocenters. The van der Waals surface area contributed by atoms with E-state index in [9.17, 15) is 9.59 Å². The molecular formula is C18H24N4O4S. The molecule has 1 amide bonds. The Balaban J connectivity index is 2.33. The summed E-state index contributed by atoms with van der Waals surface area (Å²) in [4.78, 5) is 25.6. The second kappa shape index (κ2) is 9.33. The number of nitrogens with zero attached hydrogens (tertiary/aromatic N) is 1. The van der Waals surface area contributed by atoms with Gasteiger partial charge in [-0.1, -0.05) is 0 Å². The molecule has 0 radical (unpaired) electrons. The number of nitrogens with one attached hydrogen (secondary N) is 1. The Morgan fingerprint density at radius 3 is 2.63 bits per heavy atom. The monoisotopic (exact) mass is 392 g/mol. The van der Waals surface area contributed by atoms with Gasteiger partial charge in [0.05, 0.1) is 26.0 Å². The zero-order chi connectivity index (χ0) is 20.0. The lowest BCUT2D eigenvalue weighted by Gasteiger charge is -2.17. The van der Waals surface area contributed by atoms with Crippen LogP contribution < -0.4 is 26.5 Å². The molecule has 0 aliphatic carbocycles. The van der Waals surface area contributed by atoms with E-state index in [1.807, 2.05) is 10.6 Å². The molecule has 1 aromatic heterocycles. The third-order valence-corrected chi connectivity index (χ3v) is 4.55. The highest BCUT2D eigenvalue weighted by atomic mass is 32.1. The van der Waals surface area contributed by atoms with Crippen molar-refractivity contribution in [3.63, 3.8) is 0 Å². The van der Waals surface area contributed by atoms with E-state index in [0.717, 1.165) is 5.56 Å². The van der Waals surface area contributed by atoms with Crippen LogP contribution in [-0.4, -0.2) is 35.7 Å². The number of methoxy groups -OCH3 is 2. The van der Waals surface area contributed by atoms with E-state index in [0.29, 0.717) is 47.8 Å². The molecule has 5 N–H and O–H groups in total. The number of amides is 1. The summed E-state index contributed by atoms with van der Waals surface area (Å²) in [6.07, 6.45) is 1.91. The van der Waals surface area contributed by atoms with Crippen LogP contribution in [0, 0.1) is 4.77 Å². The van der Waals surface area contributed by atoms with E-state index in [-0.39, 0.29) is 5.56 Å². The Morgan fingerprint density at radius 2 is 2.00 bits per heavy atom. The Morgan fingerprint density at radius 1 is 1.26 bits per heavy atom. The fourth-order valence-electron chi connectivity index (χ4n) is 2.75. The first kappa shape index (κ1) is 20.7. The molecule has 8 nitrogen and oxygen atoms in total. The summed E-state index contributed by atoms with van der Waals surface area (Å²) < 4.78 is 12.8. The summed E-state index contributed by atoms with van der Waals surface area (Å²) in [6.45, 7) is 0.547. The molecule has 9 heteroatoms. The number of carbonyl (C=O) groups is 1. The number of benzene rings is 1. The van der Waals surface area contributed by atoms with Crippen molar-refractivity contribution in [1.82, 2.24) is 9.55 Å². The Hall–Kier alpha value is -2.65. The van der Waals surface area contributed by atoms with E-state index in [1.54, 1.807) is 26.4 Å². The number of aromatic amines is 1. The number of hydrogen-bond acceptors (Lipinski definition) is 6. The summed E-state index contributed by atoms with van der Waals surface area (Å²) in [5.41, 5.74) is 11.9. The number of rotatable bonds is 9. The SMILES string of the molecule is COc1ccc(-c2cc(=O)[nH]c(=S)n2CCCCC(N)C(N)=O)c(OC)c1. The maximum absolute atomic E-state index is 12.0. The van der Waals surface area contributed by atoms with Gasteiger partial charge in [0.25, 0.3) is 5.56 Å². The fraction of sp³-hybridized carbons (Fsp3) is 0.389. The van der Waals surface area contributed by atoms with Crippen molar-refractivity contribution in [3.05, 3.63) is 39.4 Å². The summed E-state index contributed by atoms with van der Waals surface area (Å²) in [5, 5.41) is 0. The van der Waals surface area contributed by atoms with E-state index in [4.69, 9.17) is 33.2 Å². The van der Waals surface area contributed by atoms with Crippen LogP contribution in [0.3, 0.4) is 0 Å². The van der Waals surface area contributed by atoms with Gasteiger partial charge in [-0.3, -0.25) is 14.6 Å². The molecule has 2 rings (SSSR count). The van der Waals surface area contributed by atoms with Crippen LogP contribution in [0.15, 0.2) is 29.1 Å². The van der Waals surface area contributed by atoms with Crippen LogP contribution in [-0.2, 0) is 11.3 Å². The molecule has 0 bridgehead atoms. The Bertz CT molecular complexity index is 922. The van der Waals surface area contributed by atoms with E-state index in [1.165, 1.54) is 6.07 Å². The second-order valence-electron chi connectivity index (χ2n) is 6.05. The Labute approximate surface area is 162 Å². The number of hydrogen-bond donors (Lipinski definition) is 3. The minimum absolute atomic E-state index is 0.292. The van der Waals surface area contributed by atoms with E-state index < -0.39 is 11.9 Å². The lowest BCUT2D eigenvalue weighted by molar-refractivity contribution is -0.119. The third-order valence-electron chi connectivity index (χ3n) is 4.23. The Kier molecular flexibility index (Phi) is 7.14. The summed E-state index contributed by atoms with van der Waals surface area (Å²) in [5.74, 6) is 0.698. The summed E-state index contributed by atoms with van der Waals surface area (Å²) in [6, 6.07) is 6.18. The van der Waals surface area contributed by atoms with Gasteiger partial charge < -0.3 is 25.5 Å². The number of aromatic nitrogens is 2. The molecule has 0 aliphatic rings. The lowest BCUT2D eigenvalue weighted by Crippen LogP contribution is -2.36. The molecule has 2 aromatic rings. The molecule has 1 heterocycles. The van der Waals surface area contributed by atoms with E-state index >= 15 is 0 Å². The van der Waals surface area contributed by atoms with Gasteiger partial charge in [0.15, 0.2) is 4.77 Å². The average Bonchev–Trinajstić information content (AvgIpc) is 2.65. The fourth-order valence-corrected chi connectivity index (χ4v) is 3.04. The van der Waals surface area contributed by atoms with Crippen LogP contribution >= 0.6 is 12.2 Å². The quantitative estimate of drug-likeness (QED) is 0.439. The molecule has 146 valence electrons. The van der Waals surface area contributed by atoms with Gasteiger partial charge in [-0.25, -0.2) is 0 Å². The average molecular weight is 392 g/mol. The van der Waals surface area contributed by atoms with Crippen LogP contribution in [0.2, 0.25) is 0 Å². The van der Waals surface area contributed by atoms with Gasteiger partial charge in [-0.15, -0.1) is 0 Å². The number of H-pyrrole nitrogens is 1. The highest BCUT2D eigenvalue weighted by Crippen LogP contribution is 2.32. The number of unbranched alkanes of at least 4 members (excludes halogenated alkanes) is 1. The van der Waals surface area contributed by atoms with Gasteiger partial charge in [0.1, 0.15) is 11.5 Å². The van der Waals surface area contributed by atoms with Crippen molar-refractivity contribution in [2.24, 2.45) is 11.5 Å². The molecule has 0 aliphatic heterocycles. The maximum Gasteiger partial charge on any atom is 0.252 e. The smallest absolute Gasteiger partial charge is 0.252 e. The summed E-state index contributed by atoms with van der Waals surface area (Å²) >= 11 is 5.34. The molecule has 0 saturated heterocycles. The first-order chi connectivity index (χ1) is 12.9. The largest absolute Gasteiger partial charge is 0.497 e. The standard InChI is InChI=1S/C18H24N4O4S/c1-25-11-6-7-12(15(9-11)26-2)14-10-16(23)21-18(27)22(14)8-4-3-5-13(19)17(20)24/h6-7,9-10,13H,3-5,8,19H2,1-2H3,(H2,20,24)(H,21,23,27). The van der Waals surface area contributed by atoms with Crippen LogP contribution in [0.5, 0.6) is 11.5 Å². The molecule has 27 heavy (non-hydrogen) atoms. The second-order valence-corrected chi connectivity index (χ2v) is 6.43. The van der Waals surface area contributed by atoms with Crippen molar-refractivity contribution in [1.29, 1.82) is 0 Å². The molecule has 0 fully saturated rings. The highest BCUT2D eigenvalue weighted by Gasteiger charge is 2.14. The van der Waals surface area contributed by atoms with Gasteiger partial charge in [0.2, 0.25) is 5.91 Å². The third kappa shape index (κ3) is 5.18. The molecule has 1 aromatic carbocycles. The van der Waals surface area contributed by atoms with Crippen molar-refractivity contribution < 1.29 is 14.3 Å². The zero-order valence-electron chi connectivity index (χ0n) is 15.4. The summed E-state index contributed by atoms with van der Waals surface area (Å²) in [7, 11) is 3.12. The minimum atomic E-state index is -0.658. The van der Waals surface area contributed by atoms with Gasteiger partial charge in [-0.05, 0) is 43.6 Å². The molecule has 0 spiro atoms. The van der Waals surface area contributed by atoms with Crippen LogP contribution in [0.1, 0.15) is 19.3 Å². The molecule has 1 unspecified atom stereocenters. The highest BCUT2D eigenvalue weighted by molar-refractivity contribution is 7.71. The first-order valence-corrected chi connectivity index (χ1v) is 8.89. The number of nitrogens with two attached hydrogens (primary N) is 2. The van der Waals surface area contributed by atoms with Crippen molar-refractivity contribution in [2.45, 2.75) is 31.8 Å².